The van der Waals surface area contributed by atoms with Crippen LogP contribution in [0.15, 0.2) is 0 Å². The number of hydrogen-bond acceptors (Lipinski definition) is 1. The Hall–Kier alpha value is 0.479. The zero-order valence-electron chi connectivity index (χ0n) is 4.77. The third kappa shape index (κ3) is 1.45. The predicted octanol–water partition coefficient (Wildman–Crippen LogP) is 0.447. The van der Waals surface area contributed by atoms with E-state index in [0.29, 0.717) is 0 Å². The Kier molecular flexibility index (Phi) is 1.74. The average molecular weight is 164 g/mol. The Bertz CT molecular complexity index is 57.1. The van der Waals surface area contributed by atoms with Crippen LogP contribution >= 0.6 is 0 Å². The van der Waals surface area contributed by atoms with Crippen LogP contribution in [0.2, 0.25) is 5.32 Å². The van der Waals surface area contributed by atoms with Crippen molar-refractivity contribution in [3.05, 3.63) is 0 Å². The molecule has 1 aliphatic rings. The molecule has 1 N–H and O–H groups in total. The molecule has 0 aromatic heterocycles. The molecular weight excluding hydrogens is 153 g/mol. The molecule has 0 radical (unpaired) electrons. The van der Waals surface area contributed by atoms with Crippen molar-refractivity contribution in [3.8, 4) is 0 Å². The van der Waals surface area contributed by atoms with Crippen LogP contribution in [-0.2, 0) is 0 Å². The summed E-state index contributed by atoms with van der Waals surface area (Å²) in [4.78, 5) is 0.836. The summed E-state index contributed by atoms with van der Waals surface area (Å²) in [5.74, 6) is 0. The standard InChI is InChI=1S/C5H11NSe/c1-4-3-7-5(2)6-4/h4-6H,3H2,1-2H3. The first-order valence-electron chi connectivity index (χ1n) is 2.66. The molecule has 2 atom stereocenters. The fourth-order valence-electron chi connectivity index (χ4n) is 0.786. The van der Waals surface area contributed by atoms with Gasteiger partial charge in [0.2, 0.25) is 0 Å². The van der Waals surface area contributed by atoms with Gasteiger partial charge in [-0.05, 0) is 0 Å². The van der Waals surface area contributed by atoms with Gasteiger partial charge in [0.15, 0.2) is 0 Å². The number of nitrogens with one attached hydrogen (secondary N) is 1. The molecule has 0 aliphatic carbocycles. The molecular formula is C5H11NSe. The Morgan fingerprint density at radius 3 is 2.43 bits per heavy atom. The minimum atomic E-state index is 0.801. The topological polar surface area (TPSA) is 12.0 Å². The first-order chi connectivity index (χ1) is 3.29. The first-order valence-corrected chi connectivity index (χ1v) is 4.87. The molecule has 0 aromatic rings. The fraction of sp³-hybridized carbons (Fsp3) is 1.00. The monoisotopic (exact) mass is 165 g/mol. The molecule has 0 amide bonds. The predicted molar refractivity (Wildman–Crippen MR) is 32.6 cm³/mol. The fourth-order valence-corrected chi connectivity index (χ4v) is 2.89. The van der Waals surface area contributed by atoms with Gasteiger partial charge >= 0.3 is 50.4 Å². The second-order valence-electron chi connectivity index (χ2n) is 2.04. The van der Waals surface area contributed by atoms with Gasteiger partial charge in [0.1, 0.15) is 0 Å². The van der Waals surface area contributed by atoms with Crippen LogP contribution in [0.4, 0.5) is 0 Å². The summed E-state index contributed by atoms with van der Waals surface area (Å²) in [7, 11) is 0. The molecule has 0 bridgehead atoms. The van der Waals surface area contributed by atoms with Crippen molar-refractivity contribution in [2.75, 3.05) is 0 Å². The molecule has 2 heteroatoms. The van der Waals surface area contributed by atoms with Gasteiger partial charge in [-0.3, -0.25) is 0 Å². The average Bonchev–Trinajstić information content (AvgIpc) is 1.87. The maximum absolute atomic E-state index is 3.44. The van der Waals surface area contributed by atoms with Crippen LogP contribution in [0.5, 0.6) is 0 Å². The van der Waals surface area contributed by atoms with Gasteiger partial charge in [0.25, 0.3) is 0 Å². The van der Waals surface area contributed by atoms with Crippen LogP contribution < -0.4 is 5.32 Å². The van der Waals surface area contributed by atoms with E-state index in [1.807, 2.05) is 0 Å². The van der Waals surface area contributed by atoms with Crippen LogP contribution in [0.25, 0.3) is 0 Å². The van der Waals surface area contributed by atoms with E-state index in [1.165, 1.54) is 5.32 Å². The summed E-state index contributed by atoms with van der Waals surface area (Å²) in [6.07, 6.45) is 0. The summed E-state index contributed by atoms with van der Waals surface area (Å²) >= 11 is 0.888. The van der Waals surface area contributed by atoms with E-state index in [4.69, 9.17) is 0 Å². The Morgan fingerprint density at radius 2 is 2.29 bits per heavy atom. The van der Waals surface area contributed by atoms with E-state index in [2.05, 4.69) is 19.2 Å². The summed E-state index contributed by atoms with van der Waals surface area (Å²) in [5.41, 5.74) is 0. The van der Waals surface area contributed by atoms with Crippen molar-refractivity contribution in [2.24, 2.45) is 0 Å². The SMILES string of the molecule is CC1C[Se]C(C)N1. The van der Waals surface area contributed by atoms with Crippen LogP contribution in [0.1, 0.15) is 13.8 Å². The second kappa shape index (κ2) is 2.16. The molecule has 0 saturated carbocycles. The maximum atomic E-state index is 3.44. The quantitative estimate of drug-likeness (QED) is 0.512. The molecule has 1 saturated heterocycles. The van der Waals surface area contributed by atoms with Gasteiger partial charge in [-0.1, -0.05) is 0 Å². The van der Waals surface area contributed by atoms with E-state index in [1.54, 1.807) is 0 Å². The van der Waals surface area contributed by atoms with Crippen molar-refractivity contribution in [3.63, 3.8) is 0 Å². The Balaban J connectivity index is 2.26. The Morgan fingerprint density at radius 1 is 1.57 bits per heavy atom. The molecule has 42 valence electrons. The van der Waals surface area contributed by atoms with Crippen molar-refractivity contribution < 1.29 is 0 Å². The van der Waals surface area contributed by atoms with E-state index in [9.17, 15) is 0 Å². The van der Waals surface area contributed by atoms with Gasteiger partial charge in [-0.2, -0.15) is 0 Å². The second-order valence-corrected chi connectivity index (χ2v) is 4.93. The van der Waals surface area contributed by atoms with Crippen molar-refractivity contribution in [1.82, 2.24) is 5.32 Å². The summed E-state index contributed by atoms with van der Waals surface area (Å²) in [6, 6.07) is 0.801. The molecule has 7 heavy (non-hydrogen) atoms. The molecule has 0 spiro atoms. The van der Waals surface area contributed by atoms with Gasteiger partial charge < -0.3 is 0 Å². The van der Waals surface area contributed by atoms with E-state index >= 15 is 0 Å². The van der Waals surface area contributed by atoms with Crippen molar-refractivity contribution in [2.45, 2.75) is 30.1 Å². The van der Waals surface area contributed by atoms with E-state index < -0.39 is 0 Å². The van der Waals surface area contributed by atoms with Crippen LogP contribution in [0, 0.1) is 0 Å². The third-order valence-corrected chi connectivity index (χ3v) is 3.90. The first kappa shape index (κ1) is 5.61. The third-order valence-electron chi connectivity index (χ3n) is 1.12. The summed E-state index contributed by atoms with van der Waals surface area (Å²) < 4.78 is 0. The van der Waals surface area contributed by atoms with Crippen molar-refractivity contribution >= 4 is 15.0 Å². The van der Waals surface area contributed by atoms with E-state index in [0.717, 1.165) is 25.9 Å². The van der Waals surface area contributed by atoms with Gasteiger partial charge in [0.05, 0.1) is 0 Å². The van der Waals surface area contributed by atoms with Crippen LogP contribution in [0.3, 0.4) is 0 Å². The normalized spacial score (nSPS) is 42.0. The van der Waals surface area contributed by atoms with Crippen molar-refractivity contribution in [1.29, 1.82) is 0 Å². The summed E-state index contributed by atoms with van der Waals surface area (Å²) in [5, 5.41) is 4.87. The zero-order chi connectivity index (χ0) is 5.28. The van der Waals surface area contributed by atoms with E-state index in [-0.39, 0.29) is 0 Å². The van der Waals surface area contributed by atoms with Gasteiger partial charge in [-0.15, -0.1) is 0 Å². The minimum absolute atomic E-state index is 0.801. The molecule has 1 fully saturated rings. The van der Waals surface area contributed by atoms with Gasteiger partial charge in [-0.25, -0.2) is 0 Å². The molecule has 1 nitrogen and oxygen atoms in total. The number of rotatable bonds is 0. The molecule has 1 aliphatic heterocycles. The Labute approximate surface area is 51.0 Å². The molecule has 1 rings (SSSR count). The number of hydrogen-bond donors (Lipinski definition) is 1. The van der Waals surface area contributed by atoms with Gasteiger partial charge in [0, 0.05) is 0 Å². The zero-order valence-corrected chi connectivity index (χ0v) is 6.48. The van der Waals surface area contributed by atoms with Crippen LogP contribution in [-0.4, -0.2) is 25.9 Å². The summed E-state index contributed by atoms with van der Waals surface area (Å²) in [6.45, 7) is 4.52. The molecule has 1 heterocycles. The molecule has 2 unspecified atom stereocenters. The molecule has 0 aromatic carbocycles.